The molecule has 8 heteroatoms. The third-order valence-electron chi connectivity index (χ3n) is 3.28. The van der Waals surface area contributed by atoms with Crippen molar-refractivity contribution in [3.63, 3.8) is 0 Å². The van der Waals surface area contributed by atoms with E-state index in [2.05, 4.69) is 5.32 Å². The van der Waals surface area contributed by atoms with Crippen LogP contribution in [0.2, 0.25) is 0 Å². The van der Waals surface area contributed by atoms with Gasteiger partial charge in [-0.3, -0.25) is 4.79 Å². The highest BCUT2D eigenvalue weighted by Crippen LogP contribution is 2.14. The quantitative estimate of drug-likeness (QED) is 0.337. The summed E-state index contributed by atoms with van der Waals surface area (Å²) in [6.07, 6.45) is 1.55. The lowest BCUT2D eigenvalue weighted by atomic mass is 10.2. The molecule has 0 fully saturated rings. The summed E-state index contributed by atoms with van der Waals surface area (Å²) >= 11 is 0. The molecule has 0 aromatic heterocycles. The summed E-state index contributed by atoms with van der Waals surface area (Å²) in [5.74, 6) is -0.166. The third kappa shape index (κ3) is 14.3. The summed E-state index contributed by atoms with van der Waals surface area (Å²) in [6.45, 7) is 14.0. The van der Waals surface area contributed by atoms with Crippen molar-refractivity contribution < 1.29 is 28.6 Å². The van der Waals surface area contributed by atoms with Crippen molar-refractivity contribution in [1.29, 1.82) is 0 Å². The summed E-state index contributed by atoms with van der Waals surface area (Å²) in [5.41, 5.74) is -1.41. The summed E-state index contributed by atoms with van der Waals surface area (Å²) in [7, 11) is 0. The number of carbonyl (C=O) groups excluding carboxylic acids is 3. The second-order valence-corrected chi connectivity index (χ2v) is 8.48. The van der Waals surface area contributed by atoms with E-state index in [1.54, 1.807) is 48.5 Å². The molecule has 164 valence electrons. The van der Waals surface area contributed by atoms with Crippen LogP contribution in [0.3, 0.4) is 0 Å². The summed E-state index contributed by atoms with van der Waals surface area (Å²) < 4.78 is 15.5. The van der Waals surface area contributed by atoms with E-state index in [1.165, 1.54) is 0 Å². The van der Waals surface area contributed by atoms with Gasteiger partial charge in [-0.05, 0) is 67.9 Å². The molecular formula is C20H38N2O6. The molecule has 2 amide bonds. The number of hydrogen-bond donors (Lipinski definition) is 1. The van der Waals surface area contributed by atoms with Crippen LogP contribution in [0.1, 0.15) is 74.1 Å². The Balaban J connectivity index is 4.33. The molecule has 0 rings (SSSR count). The molecule has 0 aliphatic rings. The Bertz CT molecular complexity index is 466. The third-order valence-corrected chi connectivity index (χ3v) is 3.28. The van der Waals surface area contributed by atoms with E-state index in [-0.39, 0.29) is 12.5 Å². The van der Waals surface area contributed by atoms with Gasteiger partial charge >= 0.3 is 18.2 Å². The molecule has 0 aromatic carbocycles. The molecule has 0 saturated carbocycles. The number of esters is 1. The van der Waals surface area contributed by atoms with E-state index >= 15 is 0 Å². The number of imide groups is 1. The van der Waals surface area contributed by atoms with Crippen molar-refractivity contribution in [2.45, 2.75) is 85.4 Å². The van der Waals surface area contributed by atoms with Crippen LogP contribution < -0.4 is 5.32 Å². The maximum Gasteiger partial charge on any atom is 0.419 e. The SMILES string of the molecule is CCOC(=O)CCCCCNCCN(C(=O)OC(C)(C)C)C(=O)OC(C)(C)C. The fraction of sp³-hybridized carbons (Fsp3) is 0.850. The van der Waals surface area contributed by atoms with Crippen LogP contribution in [-0.4, -0.2) is 60.5 Å². The van der Waals surface area contributed by atoms with Crippen LogP contribution in [0.5, 0.6) is 0 Å². The van der Waals surface area contributed by atoms with Crippen molar-refractivity contribution in [2.24, 2.45) is 0 Å². The molecule has 0 aromatic rings. The van der Waals surface area contributed by atoms with E-state index < -0.39 is 23.4 Å². The first-order valence-electron chi connectivity index (χ1n) is 9.95. The molecule has 0 atom stereocenters. The van der Waals surface area contributed by atoms with Crippen LogP contribution in [-0.2, 0) is 19.0 Å². The Kier molecular flexibility index (Phi) is 11.8. The van der Waals surface area contributed by atoms with Crippen molar-refractivity contribution in [2.75, 3.05) is 26.2 Å². The van der Waals surface area contributed by atoms with Gasteiger partial charge in [0.05, 0.1) is 6.61 Å². The number of carbonyl (C=O) groups is 3. The van der Waals surface area contributed by atoms with Crippen LogP contribution in [0.4, 0.5) is 9.59 Å². The minimum Gasteiger partial charge on any atom is -0.466 e. The predicted octanol–water partition coefficient (Wildman–Crippen LogP) is 3.87. The molecule has 0 heterocycles. The maximum absolute atomic E-state index is 12.3. The predicted molar refractivity (Wildman–Crippen MR) is 107 cm³/mol. The van der Waals surface area contributed by atoms with Crippen LogP contribution in [0.15, 0.2) is 0 Å². The Morgan fingerprint density at radius 3 is 1.82 bits per heavy atom. The Hall–Kier alpha value is -1.83. The number of amides is 2. The fourth-order valence-electron chi connectivity index (χ4n) is 2.14. The lowest BCUT2D eigenvalue weighted by Gasteiger charge is -2.28. The molecule has 0 aliphatic heterocycles. The van der Waals surface area contributed by atoms with Crippen molar-refractivity contribution >= 4 is 18.2 Å². The minimum atomic E-state index is -0.724. The molecule has 0 radical (unpaired) electrons. The highest BCUT2D eigenvalue weighted by molar-refractivity contribution is 5.88. The lowest BCUT2D eigenvalue weighted by Crippen LogP contribution is -2.46. The second-order valence-electron chi connectivity index (χ2n) is 8.48. The Labute approximate surface area is 169 Å². The van der Waals surface area contributed by atoms with E-state index in [0.29, 0.717) is 19.6 Å². The molecule has 0 unspecified atom stereocenters. The van der Waals surface area contributed by atoms with Gasteiger partial charge < -0.3 is 19.5 Å². The van der Waals surface area contributed by atoms with Crippen molar-refractivity contribution in [3.8, 4) is 0 Å². The standard InChI is InChI=1S/C20H38N2O6/c1-8-26-16(23)12-10-9-11-13-21-14-15-22(17(24)27-19(2,3)4)18(25)28-20(5,6)7/h21H,8-15H2,1-7H3. The first kappa shape index (κ1) is 26.2. The molecule has 28 heavy (non-hydrogen) atoms. The number of nitrogens with zero attached hydrogens (tertiary/aromatic N) is 1. The van der Waals surface area contributed by atoms with Crippen molar-refractivity contribution in [3.05, 3.63) is 0 Å². The summed E-state index contributed by atoms with van der Waals surface area (Å²) in [4.78, 5) is 36.9. The van der Waals surface area contributed by atoms with Gasteiger partial charge in [-0.2, -0.15) is 0 Å². The molecule has 0 saturated heterocycles. The van der Waals surface area contributed by atoms with Crippen LogP contribution in [0.25, 0.3) is 0 Å². The zero-order valence-electron chi connectivity index (χ0n) is 18.6. The zero-order chi connectivity index (χ0) is 21.8. The highest BCUT2D eigenvalue weighted by atomic mass is 16.6. The fourth-order valence-corrected chi connectivity index (χ4v) is 2.14. The molecule has 0 aliphatic carbocycles. The average Bonchev–Trinajstić information content (AvgIpc) is 2.49. The average molecular weight is 403 g/mol. The first-order chi connectivity index (χ1) is 12.9. The van der Waals surface area contributed by atoms with Gasteiger partial charge in [0.1, 0.15) is 11.2 Å². The number of hydrogen-bond acceptors (Lipinski definition) is 7. The minimum absolute atomic E-state index is 0.145. The Morgan fingerprint density at radius 1 is 0.821 bits per heavy atom. The van der Waals surface area contributed by atoms with E-state index in [0.717, 1.165) is 30.7 Å². The topological polar surface area (TPSA) is 94.2 Å². The van der Waals surface area contributed by atoms with Gasteiger partial charge in [-0.15, -0.1) is 0 Å². The normalized spacial score (nSPS) is 11.7. The summed E-state index contributed by atoms with van der Waals surface area (Å²) in [6, 6.07) is 0. The van der Waals surface area contributed by atoms with E-state index in [9.17, 15) is 14.4 Å². The molecular weight excluding hydrogens is 364 g/mol. The largest absolute Gasteiger partial charge is 0.466 e. The zero-order valence-corrected chi connectivity index (χ0v) is 18.6. The van der Waals surface area contributed by atoms with Gasteiger partial charge in [0, 0.05) is 19.5 Å². The van der Waals surface area contributed by atoms with Gasteiger partial charge in [0.25, 0.3) is 0 Å². The number of ether oxygens (including phenoxy) is 3. The highest BCUT2D eigenvalue weighted by Gasteiger charge is 2.30. The first-order valence-corrected chi connectivity index (χ1v) is 9.95. The smallest absolute Gasteiger partial charge is 0.419 e. The van der Waals surface area contributed by atoms with Gasteiger partial charge in [0.2, 0.25) is 0 Å². The molecule has 8 nitrogen and oxygen atoms in total. The molecule has 0 spiro atoms. The maximum atomic E-state index is 12.3. The van der Waals surface area contributed by atoms with E-state index in [4.69, 9.17) is 14.2 Å². The molecule has 0 bridgehead atoms. The molecule has 1 N–H and O–H groups in total. The van der Waals surface area contributed by atoms with Crippen LogP contribution >= 0.6 is 0 Å². The van der Waals surface area contributed by atoms with Crippen LogP contribution in [0, 0.1) is 0 Å². The monoisotopic (exact) mass is 402 g/mol. The lowest BCUT2D eigenvalue weighted by molar-refractivity contribution is -0.143. The number of unbranched alkanes of at least 4 members (excludes halogenated alkanes) is 2. The number of nitrogens with one attached hydrogen (secondary N) is 1. The van der Waals surface area contributed by atoms with E-state index in [1.807, 2.05) is 0 Å². The van der Waals surface area contributed by atoms with Gasteiger partial charge in [0.15, 0.2) is 0 Å². The summed E-state index contributed by atoms with van der Waals surface area (Å²) in [5, 5.41) is 3.19. The second kappa shape index (κ2) is 12.6. The Morgan fingerprint density at radius 2 is 1.36 bits per heavy atom. The van der Waals surface area contributed by atoms with Gasteiger partial charge in [-0.25, -0.2) is 14.5 Å². The van der Waals surface area contributed by atoms with Crippen molar-refractivity contribution in [1.82, 2.24) is 10.2 Å². The number of rotatable bonds is 10. The van der Waals surface area contributed by atoms with Gasteiger partial charge in [-0.1, -0.05) is 6.42 Å².